The fourth-order valence-electron chi connectivity index (χ4n) is 0.553. The fourth-order valence-corrected chi connectivity index (χ4v) is 0.553. The summed E-state index contributed by atoms with van der Waals surface area (Å²) in [6.45, 7) is 7.49. The molecule has 1 nitrogen and oxygen atoms in total. The van der Waals surface area contributed by atoms with Crippen molar-refractivity contribution < 1.29 is 0 Å². The predicted octanol–water partition coefficient (Wildman–Crippen LogP) is 1.17. The molecule has 44 valence electrons. The van der Waals surface area contributed by atoms with Crippen molar-refractivity contribution in [1.29, 1.82) is 0 Å². The molecule has 0 unspecified atom stereocenters. The topological polar surface area (TPSA) is 14.1 Å². The molecule has 0 amide bonds. The zero-order chi connectivity index (χ0) is 6.41. The molecule has 1 heteroatoms. The van der Waals surface area contributed by atoms with E-state index in [1.54, 1.807) is 0 Å². The molecule has 0 saturated carbocycles. The molecule has 0 spiro atoms. The predicted molar refractivity (Wildman–Crippen MR) is 38.4 cm³/mol. The Hall–Kier alpha value is -0.770. The second kappa shape index (κ2) is 4.39. The van der Waals surface area contributed by atoms with Crippen LogP contribution in [0.25, 0.3) is 0 Å². The van der Waals surface area contributed by atoms with Gasteiger partial charge >= 0.3 is 5.87 Å². The van der Waals surface area contributed by atoms with E-state index >= 15 is 0 Å². The number of rotatable bonds is 2. The second-order valence-electron chi connectivity index (χ2n) is 1.76. The standard InChI is InChI=1S/C7H12N/c1-4-6-7(3)8-5-2/h2,4,6H2,1,3H3/q+1. The minimum Gasteiger partial charge on any atom is -0.0648 e. The van der Waals surface area contributed by atoms with Crippen molar-refractivity contribution >= 4 is 11.6 Å². The smallest absolute Gasteiger partial charge is 0.0648 e. The molecule has 8 heavy (non-hydrogen) atoms. The molecule has 0 radical (unpaired) electrons. The highest BCUT2D eigenvalue weighted by Gasteiger charge is 1.94. The summed E-state index contributed by atoms with van der Waals surface area (Å²) in [4.78, 5) is 0. The summed E-state index contributed by atoms with van der Waals surface area (Å²) in [5, 5.41) is 0. The molecule has 0 saturated heterocycles. The van der Waals surface area contributed by atoms with E-state index in [0.717, 1.165) is 18.6 Å². The minimum absolute atomic E-state index is 1.06. The molecule has 0 aliphatic rings. The van der Waals surface area contributed by atoms with Gasteiger partial charge in [0.15, 0.2) is 0 Å². The zero-order valence-electron chi connectivity index (χ0n) is 5.57. The Labute approximate surface area is 50.5 Å². The highest BCUT2D eigenvalue weighted by atomic mass is 14.5. The van der Waals surface area contributed by atoms with Gasteiger partial charge < -0.3 is 0 Å². The van der Waals surface area contributed by atoms with Gasteiger partial charge in [0.25, 0.3) is 5.71 Å². The van der Waals surface area contributed by atoms with Gasteiger partial charge in [-0.15, -0.1) is 0 Å². The van der Waals surface area contributed by atoms with Gasteiger partial charge in [-0.05, 0) is 11.1 Å². The van der Waals surface area contributed by atoms with Gasteiger partial charge in [-0.25, -0.2) is 0 Å². The van der Waals surface area contributed by atoms with E-state index in [9.17, 15) is 0 Å². The molecule has 0 aliphatic heterocycles. The van der Waals surface area contributed by atoms with Crippen molar-refractivity contribution in [2.45, 2.75) is 26.7 Å². The third kappa shape index (κ3) is 3.42. The molecule has 0 aromatic heterocycles. The molecule has 0 rings (SSSR count). The Morgan fingerprint density at radius 1 is 1.75 bits per heavy atom. The minimum atomic E-state index is 1.06. The van der Waals surface area contributed by atoms with Gasteiger partial charge in [0.1, 0.15) is 0 Å². The third-order valence-electron chi connectivity index (χ3n) is 0.882. The van der Waals surface area contributed by atoms with Gasteiger partial charge in [-0.3, -0.25) is 0 Å². The van der Waals surface area contributed by atoms with Gasteiger partial charge in [-0.2, -0.15) is 0 Å². The van der Waals surface area contributed by atoms with Gasteiger partial charge in [0, 0.05) is 19.9 Å². The summed E-state index contributed by atoms with van der Waals surface area (Å²) in [6.07, 6.45) is 2.21. The van der Waals surface area contributed by atoms with E-state index < -0.39 is 0 Å². The number of nitrogens with zero attached hydrogens (tertiary/aromatic N) is 1. The quantitative estimate of drug-likeness (QED) is 0.374. The molecule has 0 aromatic carbocycles. The summed E-state index contributed by atoms with van der Waals surface area (Å²) in [5.41, 5.74) is 1.11. The van der Waals surface area contributed by atoms with Gasteiger partial charge in [-0.1, -0.05) is 6.92 Å². The van der Waals surface area contributed by atoms with E-state index in [2.05, 4.69) is 24.0 Å². The first-order valence-corrected chi connectivity index (χ1v) is 2.86. The van der Waals surface area contributed by atoms with Crippen LogP contribution in [0, 0.1) is 0 Å². The molecule has 0 fully saturated rings. The average molecular weight is 110 g/mol. The van der Waals surface area contributed by atoms with Crippen LogP contribution < -0.4 is 4.67 Å². The van der Waals surface area contributed by atoms with Crippen molar-refractivity contribution in [3.05, 3.63) is 6.58 Å². The van der Waals surface area contributed by atoms with Crippen molar-refractivity contribution in [2.24, 2.45) is 0 Å². The van der Waals surface area contributed by atoms with Crippen LogP contribution in [0.3, 0.4) is 0 Å². The molecular formula is C7H12N+. The van der Waals surface area contributed by atoms with Crippen LogP contribution in [0.5, 0.6) is 0 Å². The highest BCUT2D eigenvalue weighted by molar-refractivity contribution is 5.82. The zero-order valence-corrected chi connectivity index (χ0v) is 5.57. The van der Waals surface area contributed by atoms with Gasteiger partial charge in [0.2, 0.25) is 0 Å². The summed E-state index contributed by atoms with van der Waals surface area (Å²) in [5.74, 6) is 2.49. The van der Waals surface area contributed by atoms with Crippen LogP contribution >= 0.6 is 0 Å². The van der Waals surface area contributed by atoms with Crippen molar-refractivity contribution in [3.8, 4) is 0 Å². The molecule has 0 N–H and O–H groups in total. The van der Waals surface area contributed by atoms with Crippen molar-refractivity contribution in [1.82, 2.24) is 4.67 Å². The molecule has 0 aliphatic carbocycles. The van der Waals surface area contributed by atoms with E-state index in [4.69, 9.17) is 0 Å². The summed E-state index contributed by atoms with van der Waals surface area (Å²) >= 11 is 0. The third-order valence-corrected chi connectivity index (χ3v) is 0.882. The SMILES string of the molecule is C=C=[N+]=C(C)CCC. The van der Waals surface area contributed by atoms with Crippen molar-refractivity contribution in [3.63, 3.8) is 0 Å². The molecule has 0 heterocycles. The maximum atomic E-state index is 3.87. The van der Waals surface area contributed by atoms with Crippen LogP contribution in [0.2, 0.25) is 0 Å². The summed E-state index contributed by atoms with van der Waals surface area (Å²) in [6, 6.07) is 0. The van der Waals surface area contributed by atoms with Crippen LogP contribution in [0.15, 0.2) is 6.58 Å². The average Bonchev–Trinajstić information content (AvgIpc) is 1.68. The molecular weight excluding hydrogens is 98.1 g/mol. The molecule has 0 bridgehead atoms. The first-order valence-electron chi connectivity index (χ1n) is 2.86. The monoisotopic (exact) mass is 110 g/mol. The Morgan fingerprint density at radius 2 is 2.38 bits per heavy atom. The Balaban J connectivity index is 3.81. The van der Waals surface area contributed by atoms with Crippen LogP contribution in [0.1, 0.15) is 26.7 Å². The lowest BCUT2D eigenvalue weighted by Gasteiger charge is -1.75. The fraction of sp³-hybridized carbons (Fsp3) is 0.571. The van der Waals surface area contributed by atoms with E-state index in [1.807, 2.05) is 6.92 Å². The summed E-state index contributed by atoms with van der Waals surface area (Å²) < 4.78 is 3.87. The Kier molecular flexibility index (Phi) is 3.97. The lowest BCUT2D eigenvalue weighted by Crippen LogP contribution is -1.92. The Morgan fingerprint density at radius 3 is 2.75 bits per heavy atom. The largest absolute Gasteiger partial charge is 0.303 e. The van der Waals surface area contributed by atoms with E-state index in [-0.39, 0.29) is 0 Å². The maximum absolute atomic E-state index is 3.87. The van der Waals surface area contributed by atoms with Gasteiger partial charge in [0.05, 0.1) is 0 Å². The number of hydrogen-bond donors (Lipinski definition) is 0. The normalized spacial score (nSPS) is 7.25. The van der Waals surface area contributed by atoms with Crippen LogP contribution in [-0.2, 0) is 0 Å². The summed E-state index contributed by atoms with van der Waals surface area (Å²) in [7, 11) is 0. The van der Waals surface area contributed by atoms with Crippen LogP contribution in [0.4, 0.5) is 0 Å². The molecule has 0 atom stereocenters. The second-order valence-corrected chi connectivity index (χ2v) is 1.76. The molecule has 0 aromatic rings. The first kappa shape index (κ1) is 7.23. The van der Waals surface area contributed by atoms with E-state index in [1.165, 1.54) is 0 Å². The van der Waals surface area contributed by atoms with Crippen LogP contribution in [-0.4, -0.2) is 11.6 Å². The van der Waals surface area contributed by atoms with Crippen molar-refractivity contribution in [2.75, 3.05) is 0 Å². The lowest BCUT2D eigenvalue weighted by atomic mass is 10.2. The maximum Gasteiger partial charge on any atom is 0.303 e. The Bertz CT molecular complexity index is 134. The number of hydrogen-bond acceptors (Lipinski definition) is 0. The first-order chi connectivity index (χ1) is 3.81. The highest BCUT2D eigenvalue weighted by Crippen LogP contribution is 1.84. The lowest BCUT2D eigenvalue weighted by molar-refractivity contribution is 0.988. The van der Waals surface area contributed by atoms with E-state index in [0.29, 0.717) is 0 Å².